The van der Waals surface area contributed by atoms with Crippen LogP contribution < -0.4 is 5.32 Å². The number of aliphatic hydroxyl groups excluding tert-OH is 1. The van der Waals surface area contributed by atoms with Crippen molar-refractivity contribution >= 4 is 11.8 Å². The van der Waals surface area contributed by atoms with E-state index in [9.17, 15) is 19.1 Å². The molecule has 1 aliphatic rings. The van der Waals surface area contributed by atoms with Crippen LogP contribution in [0.4, 0.5) is 4.39 Å². The van der Waals surface area contributed by atoms with Crippen molar-refractivity contribution < 1.29 is 19.1 Å². The van der Waals surface area contributed by atoms with Crippen molar-refractivity contribution in [2.75, 3.05) is 13.1 Å². The van der Waals surface area contributed by atoms with Crippen molar-refractivity contribution in [2.24, 2.45) is 0 Å². The minimum atomic E-state index is -0.836. The third-order valence-electron chi connectivity index (χ3n) is 4.68. The first-order chi connectivity index (χ1) is 12.5. The molecule has 1 saturated heterocycles. The number of halogens is 1. The second kappa shape index (κ2) is 7.66. The molecular formula is C20H21FN2O3. The second-order valence-corrected chi connectivity index (χ2v) is 6.43. The number of amides is 2. The van der Waals surface area contributed by atoms with Crippen molar-refractivity contribution in [1.29, 1.82) is 0 Å². The van der Waals surface area contributed by atoms with Crippen LogP contribution in [0.1, 0.15) is 23.7 Å². The molecule has 2 aromatic carbocycles. The first-order valence-electron chi connectivity index (χ1n) is 8.55. The van der Waals surface area contributed by atoms with Gasteiger partial charge in [-0.15, -0.1) is 0 Å². The number of benzene rings is 2. The van der Waals surface area contributed by atoms with Crippen molar-refractivity contribution in [2.45, 2.75) is 25.5 Å². The fourth-order valence-corrected chi connectivity index (χ4v) is 3.23. The number of hydrogen-bond acceptors (Lipinski definition) is 3. The van der Waals surface area contributed by atoms with E-state index in [0.717, 1.165) is 0 Å². The summed E-state index contributed by atoms with van der Waals surface area (Å²) in [4.78, 5) is 25.7. The maximum absolute atomic E-state index is 14.1. The van der Waals surface area contributed by atoms with Gasteiger partial charge in [0, 0.05) is 31.1 Å². The molecule has 136 valence electrons. The highest BCUT2D eigenvalue weighted by atomic mass is 19.1. The highest BCUT2D eigenvalue weighted by Gasteiger charge is 2.30. The Hall–Kier alpha value is -2.73. The fraction of sp³-hybridized carbons (Fsp3) is 0.300. The number of rotatable bonds is 3. The number of piperidine rings is 1. The van der Waals surface area contributed by atoms with E-state index < -0.39 is 18.0 Å². The molecule has 3 rings (SSSR count). The van der Waals surface area contributed by atoms with Crippen LogP contribution in [0.5, 0.6) is 0 Å². The highest BCUT2D eigenvalue weighted by molar-refractivity contribution is 6.01. The van der Waals surface area contributed by atoms with Crippen molar-refractivity contribution in [3.8, 4) is 11.1 Å². The number of β-amino-alcohol motifs (C(OH)–C–C–N with tert-alkyl or cyclic N) is 1. The Labute approximate surface area is 151 Å². The maximum atomic E-state index is 14.1. The van der Waals surface area contributed by atoms with Gasteiger partial charge in [-0.05, 0) is 24.1 Å². The van der Waals surface area contributed by atoms with Gasteiger partial charge in [0.25, 0.3) is 5.91 Å². The number of carbonyl (C=O) groups excluding carboxylic acids is 2. The van der Waals surface area contributed by atoms with E-state index in [1.165, 1.54) is 13.0 Å². The van der Waals surface area contributed by atoms with E-state index in [-0.39, 0.29) is 18.4 Å². The average molecular weight is 356 g/mol. The van der Waals surface area contributed by atoms with Crippen LogP contribution in [0.3, 0.4) is 0 Å². The lowest BCUT2D eigenvalue weighted by Gasteiger charge is -2.35. The number of carbonyl (C=O) groups is 2. The standard InChI is InChI=1S/C20H21FN2O3/c1-13(24)23-11-10-18(19(25)12-23)22-20(26)16-8-3-2-6-14(16)15-7-4-5-9-17(15)21/h2-9,18-19,25H,10-12H2,1H3,(H,22,26)/t18-,19-/m1/s1. The number of nitrogens with one attached hydrogen (secondary N) is 1. The zero-order valence-corrected chi connectivity index (χ0v) is 14.5. The zero-order valence-electron chi connectivity index (χ0n) is 14.5. The molecule has 2 N–H and O–H groups in total. The highest BCUT2D eigenvalue weighted by Crippen LogP contribution is 2.26. The molecule has 6 heteroatoms. The molecular weight excluding hydrogens is 335 g/mol. The SMILES string of the molecule is CC(=O)N1CC[C@@H](NC(=O)c2ccccc2-c2ccccc2F)[C@H](O)C1. The van der Waals surface area contributed by atoms with Gasteiger partial charge in [-0.2, -0.15) is 0 Å². The smallest absolute Gasteiger partial charge is 0.252 e. The van der Waals surface area contributed by atoms with Crippen LogP contribution in [0.15, 0.2) is 48.5 Å². The topological polar surface area (TPSA) is 69.6 Å². The number of aliphatic hydroxyl groups is 1. The van der Waals surface area contributed by atoms with E-state index in [4.69, 9.17) is 0 Å². The van der Waals surface area contributed by atoms with Gasteiger partial charge in [0.15, 0.2) is 0 Å². The van der Waals surface area contributed by atoms with E-state index in [1.807, 2.05) is 0 Å². The molecule has 0 saturated carbocycles. The van der Waals surface area contributed by atoms with Crippen molar-refractivity contribution in [3.63, 3.8) is 0 Å². The largest absolute Gasteiger partial charge is 0.389 e. The summed E-state index contributed by atoms with van der Waals surface area (Å²) in [7, 11) is 0. The minimum absolute atomic E-state index is 0.0984. The van der Waals surface area contributed by atoms with Crippen molar-refractivity contribution in [1.82, 2.24) is 10.2 Å². The molecule has 2 atom stereocenters. The Balaban J connectivity index is 1.80. The van der Waals surface area contributed by atoms with Gasteiger partial charge in [0.1, 0.15) is 5.82 Å². The minimum Gasteiger partial charge on any atom is -0.389 e. The Morgan fingerprint density at radius 3 is 2.42 bits per heavy atom. The Morgan fingerprint density at radius 1 is 1.12 bits per heavy atom. The normalized spacial score (nSPS) is 19.9. The predicted molar refractivity (Wildman–Crippen MR) is 96.0 cm³/mol. The van der Waals surface area contributed by atoms with Gasteiger partial charge in [0.2, 0.25) is 5.91 Å². The van der Waals surface area contributed by atoms with Gasteiger partial charge < -0.3 is 15.3 Å². The molecule has 5 nitrogen and oxygen atoms in total. The van der Waals surface area contributed by atoms with E-state index in [1.54, 1.807) is 47.4 Å². The lowest BCUT2D eigenvalue weighted by molar-refractivity contribution is -0.132. The summed E-state index contributed by atoms with van der Waals surface area (Å²) in [5.41, 5.74) is 1.20. The summed E-state index contributed by atoms with van der Waals surface area (Å²) >= 11 is 0. The van der Waals surface area contributed by atoms with Crippen LogP contribution in [-0.4, -0.2) is 47.1 Å². The number of hydrogen-bond donors (Lipinski definition) is 2. The van der Waals surface area contributed by atoms with Crippen molar-refractivity contribution in [3.05, 3.63) is 59.9 Å². The maximum Gasteiger partial charge on any atom is 0.252 e. The van der Waals surface area contributed by atoms with Gasteiger partial charge in [-0.1, -0.05) is 36.4 Å². The number of nitrogens with zero attached hydrogens (tertiary/aromatic N) is 1. The molecule has 0 aliphatic carbocycles. The van der Waals surface area contributed by atoms with Crippen LogP contribution in [0, 0.1) is 5.82 Å². The molecule has 2 aromatic rings. The summed E-state index contributed by atoms with van der Waals surface area (Å²) in [6.07, 6.45) is -0.369. The van der Waals surface area contributed by atoms with Gasteiger partial charge in [0.05, 0.1) is 12.1 Å². The molecule has 0 bridgehead atoms. The Bertz CT molecular complexity index is 824. The predicted octanol–water partition coefficient (Wildman–Crippen LogP) is 2.20. The summed E-state index contributed by atoms with van der Waals surface area (Å²) < 4.78 is 14.1. The fourth-order valence-electron chi connectivity index (χ4n) is 3.23. The molecule has 0 unspecified atom stereocenters. The lowest BCUT2D eigenvalue weighted by atomic mass is 9.97. The van der Waals surface area contributed by atoms with Crippen LogP contribution >= 0.6 is 0 Å². The first kappa shape index (κ1) is 18.1. The van der Waals surface area contributed by atoms with E-state index in [0.29, 0.717) is 29.7 Å². The zero-order chi connectivity index (χ0) is 18.7. The van der Waals surface area contributed by atoms with E-state index in [2.05, 4.69) is 5.32 Å². The lowest BCUT2D eigenvalue weighted by Crippen LogP contribution is -2.55. The quantitative estimate of drug-likeness (QED) is 0.886. The second-order valence-electron chi connectivity index (χ2n) is 6.43. The Morgan fingerprint density at radius 2 is 1.77 bits per heavy atom. The summed E-state index contributed by atoms with van der Waals surface area (Å²) in [5, 5.41) is 13.1. The Kier molecular flexibility index (Phi) is 5.32. The van der Waals surface area contributed by atoms with Crippen LogP contribution in [-0.2, 0) is 4.79 Å². The molecule has 1 fully saturated rings. The summed E-state index contributed by atoms with van der Waals surface area (Å²) in [6.45, 7) is 2.12. The molecule has 0 radical (unpaired) electrons. The monoisotopic (exact) mass is 356 g/mol. The number of likely N-dealkylation sites (tertiary alicyclic amines) is 1. The van der Waals surface area contributed by atoms with Crippen LogP contribution in [0.25, 0.3) is 11.1 Å². The molecule has 1 heterocycles. The van der Waals surface area contributed by atoms with Gasteiger partial charge in [-0.3, -0.25) is 9.59 Å². The van der Waals surface area contributed by atoms with Crippen LogP contribution in [0.2, 0.25) is 0 Å². The molecule has 0 aromatic heterocycles. The third-order valence-corrected chi connectivity index (χ3v) is 4.68. The molecule has 0 spiro atoms. The first-order valence-corrected chi connectivity index (χ1v) is 8.55. The summed E-state index contributed by atoms with van der Waals surface area (Å²) in [5.74, 6) is -0.870. The summed E-state index contributed by atoms with van der Waals surface area (Å²) in [6, 6.07) is 12.6. The van der Waals surface area contributed by atoms with Gasteiger partial charge >= 0.3 is 0 Å². The third kappa shape index (κ3) is 3.75. The van der Waals surface area contributed by atoms with E-state index >= 15 is 0 Å². The van der Waals surface area contributed by atoms with Gasteiger partial charge in [-0.25, -0.2) is 4.39 Å². The molecule has 26 heavy (non-hydrogen) atoms. The molecule has 1 aliphatic heterocycles. The molecule has 2 amide bonds. The average Bonchev–Trinajstić information content (AvgIpc) is 2.63.